The average molecular weight is 624 g/mol. The summed E-state index contributed by atoms with van der Waals surface area (Å²) in [5.41, 5.74) is -0.223. The fourth-order valence-electron chi connectivity index (χ4n) is 4.47. The van der Waals surface area contributed by atoms with Gasteiger partial charge < -0.3 is 14.4 Å². The molecule has 2 aliphatic rings. The van der Waals surface area contributed by atoms with Gasteiger partial charge in [0.05, 0.1) is 18.2 Å². The Bertz CT molecular complexity index is 1130. The highest BCUT2D eigenvalue weighted by Crippen LogP contribution is 2.55. The highest BCUT2D eigenvalue weighted by Gasteiger charge is 2.69. The summed E-state index contributed by atoms with van der Waals surface area (Å²) in [4.78, 5) is 42.0. The summed E-state index contributed by atoms with van der Waals surface area (Å²) in [6, 6.07) is 13.2. The minimum absolute atomic E-state index is 0.0116. The lowest BCUT2D eigenvalue weighted by Gasteiger charge is -2.62. The lowest BCUT2D eigenvalue weighted by molar-refractivity contribution is -0.167. The predicted molar refractivity (Wildman–Crippen MR) is 151 cm³/mol. The number of esters is 1. The molecule has 2 amide bonds. The highest BCUT2D eigenvalue weighted by molar-refractivity contribution is 8.05. The molecule has 37 heavy (non-hydrogen) atoms. The maximum absolute atomic E-state index is 13.8. The summed E-state index contributed by atoms with van der Waals surface area (Å²) in [7, 11) is 0. The smallest absolute Gasteiger partial charge is 0.317 e. The number of anilines is 1. The van der Waals surface area contributed by atoms with Gasteiger partial charge in [-0.15, -0.1) is 34.9 Å². The zero-order valence-corrected chi connectivity index (χ0v) is 24.7. The summed E-state index contributed by atoms with van der Waals surface area (Å²) in [6.45, 7) is 1.39. The van der Waals surface area contributed by atoms with Crippen molar-refractivity contribution in [3.05, 3.63) is 53.4 Å². The number of alkyl halides is 3. The molecule has 2 aromatic rings. The van der Waals surface area contributed by atoms with E-state index in [1.807, 2.05) is 54.1 Å². The van der Waals surface area contributed by atoms with E-state index in [1.54, 1.807) is 9.80 Å². The van der Waals surface area contributed by atoms with E-state index in [4.69, 9.17) is 44.3 Å². The summed E-state index contributed by atoms with van der Waals surface area (Å²) in [6.07, 6.45) is 1.82. The predicted octanol–water partition coefficient (Wildman–Crippen LogP) is 5.19. The number of halogens is 3. The van der Waals surface area contributed by atoms with Gasteiger partial charge in [0.15, 0.2) is 0 Å². The van der Waals surface area contributed by atoms with Gasteiger partial charge in [-0.3, -0.25) is 19.3 Å². The van der Waals surface area contributed by atoms with Crippen molar-refractivity contribution < 1.29 is 23.9 Å². The number of rotatable bonds is 9. The van der Waals surface area contributed by atoms with Crippen molar-refractivity contribution in [2.24, 2.45) is 5.41 Å². The number of carbonyl (C=O) groups is 3. The molecule has 0 N–H and O–H groups in total. The van der Waals surface area contributed by atoms with Crippen LogP contribution in [0, 0.1) is 5.41 Å². The van der Waals surface area contributed by atoms with Crippen LogP contribution in [0.5, 0.6) is 0 Å². The first-order valence-electron chi connectivity index (χ1n) is 11.2. The summed E-state index contributed by atoms with van der Waals surface area (Å²) in [5.74, 6) is -0.778. The van der Waals surface area contributed by atoms with Crippen LogP contribution in [0.4, 0.5) is 5.00 Å². The molecule has 2 fully saturated rings. The number of nitrogens with zero attached hydrogens (tertiary/aromatic N) is 2. The Kier molecular flexibility index (Phi) is 9.00. The second-order valence-electron chi connectivity index (χ2n) is 8.75. The molecule has 7 nitrogen and oxygen atoms in total. The summed E-state index contributed by atoms with van der Waals surface area (Å²) in [5, 5.41) is 2.20. The van der Waals surface area contributed by atoms with Crippen LogP contribution in [0.3, 0.4) is 0 Å². The number of fused-ring (bicyclic) bond motifs is 1. The van der Waals surface area contributed by atoms with Gasteiger partial charge in [0.1, 0.15) is 17.4 Å². The molecule has 0 saturated carbocycles. The van der Waals surface area contributed by atoms with Crippen LogP contribution in [-0.2, 0) is 30.5 Å². The van der Waals surface area contributed by atoms with Crippen LogP contribution in [0.1, 0.15) is 12.5 Å². The quantitative estimate of drug-likeness (QED) is 0.165. The minimum atomic E-state index is -1.77. The van der Waals surface area contributed by atoms with Gasteiger partial charge in [0.2, 0.25) is 14.6 Å². The number of thioether (sulfide) groups is 2. The summed E-state index contributed by atoms with van der Waals surface area (Å²) < 4.78 is 9.58. The molecule has 0 radical (unpaired) electrons. The average Bonchev–Trinajstić information content (AvgIpc) is 3.39. The first-order valence-corrected chi connectivity index (χ1v) is 15.5. The van der Waals surface area contributed by atoms with Crippen molar-refractivity contribution in [2.75, 3.05) is 36.7 Å². The maximum Gasteiger partial charge on any atom is 0.317 e. The van der Waals surface area contributed by atoms with Gasteiger partial charge in [-0.2, -0.15) is 0 Å². The van der Waals surface area contributed by atoms with Crippen LogP contribution in [0.15, 0.2) is 47.8 Å². The molecule has 2 aliphatic heterocycles. The molecule has 3 heterocycles. The van der Waals surface area contributed by atoms with E-state index < -0.39 is 26.7 Å². The van der Waals surface area contributed by atoms with E-state index in [1.165, 1.54) is 41.8 Å². The van der Waals surface area contributed by atoms with Gasteiger partial charge >= 0.3 is 5.97 Å². The normalized spacial score (nSPS) is 25.3. The molecule has 0 bridgehead atoms. The lowest BCUT2D eigenvalue weighted by atomic mass is 9.87. The van der Waals surface area contributed by atoms with Crippen molar-refractivity contribution in [3.8, 4) is 0 Å². The number of hydrogen-bond donors (Lipinski definition) is 0. The molecule has 2 unspecified atom stereocenters. The van der Waals surface area contributed by atoms with Crippen molar-refractivity contribution in [3.63, 3.8) is 0 Å². The Labute approximate surface area is 243 Å². The van der Waals surface area contributed by atoms with Crippen LogP contribution >= 0.6 is 69.7 Å². The Balaban J connectivity index is 1.57. The van der Waals surface area contributed by atoms with Gasteiger partial charge in [0.25, 0.3) is 5.91 Å². The molecule has 3 atom stereocenters. The molecule has 1 aromatic carbocycles. The van der Waals surface area contributed by atoms with E-state index in [-0.39, 0.29) is 36.9 Å². The summed E-state index contributed by atoms with van der Waals surface area (Å²) >= 11 is 21.6. The number of thiophene rings is 1. The monoisotopic (exact) mass is 622 g/mol. The van der Waals surface area contributed by atoms with E-state index in [0.717, 1.165) is 5.56 Å². The standard InChI is InChI=1S/C24H25Cl3N2O5S3/c1-16(30)29(18-9-6-10-36-18)24(35-2)19(31)28-12-22(15-37-20(24)28,21(32)34-14-23(25,26)27)13-33-11-17-7-4-3-5-8-17/h3-10,20H,11-15H2,1-2H3/t20-,22?,24?/m1/s1. The van der Waals surface area contributed by atoms with Crippen LogP contribution in [0.25, 0.3) is 0 Å². The number of carbonyl (C=O) groups excluding carboxylic acids is 3. The second kappa shape index (κ2) is 11.5. The van der Waals surface area contributed by atoms with Crippen molar-refractivity contribution in [1.82, 2.24) is 4.90 Å². The van der Waals surface area contributed by atoms with E-state index in [0.29, 0.717) is 10.8 Å². The molecule has 13 heteroatoms. The molecule has 2 saturated heterocycles. The van der Waals surface area contributed by atoms with Gasteiger partial charge in [-0.25, -0.2) is 0 Å². The van der Waals surface area contributed by atoms with Crippen LogP contribution in [-0.4, -0.2) is 68.5 Å². The topological polar surface area (TPSA) is 76.2 Å². The number of hydrogen-bond acceptors (Lipinski definition) is 8. The zero-order valence-electron chi connectivity index (χ0n) is 20.0. The third-order valence-electron chi connectivity index (χ3n) is 6.15. The Morgan fingerprint density at radius 1 is 1.22 bits per heavy atom. The molecule has 0 aliphatic carbocycles. The third-order valence-corrected chi connectivity index (χ3v) is 10.3. The second-order valence-corrected chi connectivity index (χ2v) is 14.3. The highest BCUT2D eigenvalue weighted by atomic mass is 35.6. The first-order chi connectivity index (χ1) is 17.5. The maximum atomic E-state index is 13.8. The van der Waals surface area contributed by atoms with Gasteiger partial charge in [-0.05, 0) is 29.3 Å². The Morgan fingerprint density at radius 2 is 1.95 bits per heavy atom. The third kappa shape index (κ3) is 5.76. The Morgan fingerprint density at radius 3 is 2.54 bits per heavy atom. The molecule has 0 spiro atoms. The lowest BCUT2D eigenvalue weighted by Crippen LogP contribution is -2.81. The van der Waals surface area contributed by atoms with Gasteiger partial charge in [-0.1, -0.05) is 65.1 Å². The first kappa shape index (κ1) is 28.9. The van der Waals surface area contributed by atoms with Crippen molar-refractivity contribution >= 4 is 92.4 Å². The van der Waals surface area contributed by atoms with E-state index >= 15 is 0 Å². The number of amides is 2. The van der Waals surface area contributed by atoms with E-state index in [2.05, 4.69) is 0 Å². The zero-order chi connectivity index (χ0) is 26.8. The Hall–Kier alpha value is -1.14. The van der Waals surface area contributed by atoms with Crippen LogP contribution < -0.4 is 4.90 Å². The van der Waals surface area contributed by atoms with Crippen LogP contribution in [0.2, 0.25) is 0 Å². The molecular formula is C24H25Cl3N2O5S3. The van der Waals surface area contributed by atoms with Crippen molar-refractivity contribution in [1.29, 1.82) is 0 Å². The number of benzene rings is 1. The van der Waals surface area contributed by atoms with E-state index in [9.17, 15) is 14.4 Å². The fourth-order valence-corrected chi connectivity index (χ4v) is 8.60. The van der Waals surface area contributed by atoms with Crippen molar-refractivity contribution in [2.45, 2.75) is 27.6 Å². The molecule has 4 rings (SSSR count). The van der Waals surface area contributed by atoms with Gasteiger partial charge in [0, 0.05) is 19.2 Å². The number of β-lactam (4-membered cyclic amide) rings is 1. The molecule has 1 aromatic heterocycles. The largest absolute Gasteiger partial charge is 0.461 e. The fraction of sp³-hybridized carbons (Fsp3) is 0.458. The molecular weight excluding hydrogens is 599 g/mol. The SMILES string of the molecule is CSC1(N(C(C)=O)c2cccs2)C(=O)N2CC(COCc3ccccc3)(C(=O)OCC(Cl)(Cl)Cl)CS[C@@H]21. The number of ether oxygens (including phenoxy) is 2. The minimum Gasteiger partial charge on any atom is -0.461 e. The molecule has 200 valence electrons.